The van der Waals surface area contributed by atoms with Crippen molar-refractivity contribution in [1.29, 1.82) is 0 Å². The van der Waals surface area contributed by atoms with Crippen molar-refractivity contribution in [1.82, 2.24) is 0 Å². The first-order chi connectivity index (χ1) is 8.34. The number of hydrogen-bond donors (Lipinski definition) is 1. The Bertz CT molecular complexity index is 611. The number of carbonyl (C=O) groups is 1. The van der Waals surface area contributed by atoms with Gasteiger partial charge in [-0.3, -0.25) is 0 Å². The van der Waals surface area contributed by atoms with Crippen LogP contribution >= 0.6 is 0 Å². The van der Waals surface area contributed by atoms with Crippen molar-refractivity contribution >= 4 is 15.8 Å². The van der Waals surface area contributed by atoms with Crippen LogP contribution in [0.25, 0.3) is 0 Å². The van der Waals surface area contributed by atoms with Crippen molar-refractivity contribution in [2.24, 2.45) is 0 Å². The van der Waals surface area contributed by atoms with E-state index in [0.29, 0.717) is 12.1 Å². The number of carboxylic acids is 1. The molecule has 1 aliphatic heterocycles. The summed E-state index contributed by atoms with van der Waals surface area (Å²) in [4.78, 5) is 9.96. The van der Waals surface area contributed by atoms with Gasteiger partial charge in [-0.2, -0.15) is 0 Å². The predicted octanol–water partition coefficient (Wildman–Crippen LogP) is 1.38. The molecule has 1 heterocycles. The maximum atomic E-state index is 13.6. The van der Waals surface area contributed by atoms with Gasteiger partial charge in [0.15, 0.2) is 11.6 Å². The number of carboxylic acid groups (broad SMARTS) is 1. The summed E-state index contributed by atoms with van der Waals surface area (Å²) in [6.45, 7) is -0.295. The molecular formula is C10H8F2O5S. The van der Waals surface area contributed by atoms with Crippen LogP contribution in [0.1, 0.15) is 16.8 Å². The third kappa shape index (κ3) is 1.92. The van der Waals surface area contributed by atoms with E-state index in [4.69, 9.17) is 9.84 Å². The maximum Gasteiger partial charge on any atom is 0.335 e. The molecule has 0 aliphatic carbocycles. The van der Waals surface area contributed by atoms with Gasteiger partial charge in [-0.15, -0.1) is 0 Å². The Labute approximate surface area is 101 Å². The van der Waals surface area contributed by atoms with Crippen molar-refractivity contribution in [3.05, 3.63) is 23.5 Å². The van der Waals surface area contributed by atoms with Gasteiger partial charge in [0, 0.05) is 6.42 Å². The van der Waals surface area contributed by atoms with E-state index in [-0.39, 0.29) is 6.61 Å². The van der Waals surface area contributed by atoms with Crippen molar-refractivity contribution in [2.45, 2.75) is 16.8 Å². The molecule has 2 rings (SSSR count). The first-order valence-corrected chi connectivity index (χ1v) is 6.46. The van der Waals surface area contributed by atoms with Crippen LogP contribution < -0.4 is 4.74 Å². The van der Waals surface area contributed by atoms with Crippen LogP contribution in [0.4, 0.5) is 8.78 Å². The van der Waals surface area contributed by atoms with Gasteiger partial charge in [-0.25, -0.2) is 22.0 Å². The van der Waals surface area contributed by atoms with E-state index >= 15 is 0 Å². The van der Waals surface area contributed by atoms with Gasteiger partial charge >= 0.3 is 5.97 Å². The topological polar surface area (TPSA) is 80.7 Å². The highest BCUT2D eigenvalue weighted by Crippen LogP contribution is 2.35. The molecule has 1 N–H and O–H groups in total. The van der Waals surface area contributed by atoms with E-state index in [9.17, 15) is 22.0 Å². The molecule has 0 radical (unpaired) electrons. The average molecular weight is 278 g/mol. The van der Waals surface area contributed by atoms with Crippen LogP contribution in [-0.4, -0.2) is 31.6 Å². The average Bonchev–Trinajstić information content (AvgIpc) is 2.39. The van der Waals surface area contributed by atoms with Crippen LogP contribution in [-0.2, 0) is 9.84 Å². The number of benzene rings is 1. The molecule has 0 fully saturated rings. The highest BCUT2D eigenvalue weighted by atomic mass is 32.2. The number of alkyl halides is 1. The highest BCUT2D eigenvalue weighted by molar-refractivity contribution is 7.92. The van der Waals surface area contributed by atoms with Crippen LogP contribution in [0.3, 0.4) is 0 Å². The van der Waals surface area contributed by atoms with Crippen LogP contribution in [0.15, 0.2) is 17.0 Å². The van der Waals surface area contributed by atoms with Gasteiger partial charge in [0.05, 0.1) is 12.2 Å². The summed E-state index contributed by atoms with van der Waals surface area (Å²) in [5, 5.41) is 8.72. The minimum Gasteiger partial charge on any atom is -0.489 e. The number of hydrogen-bond acceptors (Lipinski definition) is 4. The van der Waals surface area contributed by atoms with Gasteiger partial charge in [0.25, 0.3) is 0 Å². The maximum absolute atomic E-state index is 13.6. The molecule has 0 spiro atoms. The van der Waals surface area contributed by atoms with Crippen molar-refractivity contribution in [3.8, 4) is 5.75 Å². The fourth-order valence-corrected chi connectivity index (χ4v) is 2.98. The van der Waals surface area contributed by atoms with Crippen molar-refractivity contribution in [3.63, 3.8) is 0 Å². The number of rotatable bonds is 1. The summed E-state index contributed by atoms with van der Waals surface area (Å²) in [5.74, 6) is -3.27. The number of sulfone groups is 1. The lowest BCUT2D eigenvalue weighted by molar-refractivity contribution is 0.0696. The quantitative estimate of drug-likeness (QED) is 0.839. The molecule has 1 atom stereocenters. The largest absolute Gasteiger partial charge is 0.489 e. The van der Waals surface area contributed by atoms with Crippen LogP contribution in [0.2, 0.25) is 0 Å². The smallest absolute Gasteiger partial charge is 0.335 e. The molecule has 0 saturated carbocycles. The zero-order valence-corrected chi connectivity index (χ0v) is 9.71. The molecule has 0 aromatic heterocycles. The number of aromatic carboxylic acids is 1. The summed E-state index contributed by atoms with van der Waals surface area (Å²) in [7, 11) is -4.43. The van der Waals surface area contributed by atoms with E-state index in [1.54, 1.807) is 0 Å². The second kappa shape index (κ2) is 4.20. The Morgan fingerprint density at radius 3 is 2.72 bits per heavy atom. The third-order valence-electron chi connectivity index (χ3n) is 2.49. The van der Waals surface area contributed by atoms with E-state index in [0.717, 1.165) is 0 Å². The zero-order chi connectivity index (χ0) is 13.5. The van der Waals surface area contributed by atoms with Gasteiger partial charge in [0.2, 0.25) is 15.3 Å². The molecule has 1 unspecified atom stereocenters. The Kier molecular flexibility index (Phi) is 2.97. The molecule has 18 heavy (non-hydrogen) atoms. The molecule has 1 aromatic carbocycles. The third-order valence-corrected chi connectivity index (χ3v) is 4.32. The fourth-order valence-electron chi connectivity index (χ4n) is 1.59. The minimum absolute atomic E-state index is 0.295. The number of ether oxygens (including phenoxy) is 1. The van der Waals surface area contributed by atoms with Gasteiger partial charge in [-0.05, 0) is 12.1 Å². The van der Waals surface area contributed by atoms with E-state index in [1.807, 2.05) is 0 Å². The molecule has 98 valence electrons. The minimum atomic E-state index is -4.43. The van der Waals surface area contributed by atoms with Gasteiger partial charge in [-0.1, -0.05) is 0 Å². The first-order valence-electron chi connectivity index (χ1n) is 4.91. The Hall–Kier alpha value is -1.70. The summed E-state index contributed by atoms with van der Waals surface area (Å²) >= 11 is 0. The lowest BCUT2D eigenvalue weighted by Gasteiger charge is -2.09. The monoisotopic (exact) mass is 278 g/mol. The Morgan fingerprint density at radius 1 is 1.44 bits per heavy atom. The molecule has 0 saturated heterocycles. The molecule has 5 nitrogen and oxygen atoms in total. The second-order valence-electron chi connectivity index (χ2n) is 3.68. The predicted molar refractivity (Wildman–Crippen MR) is 55.6 cm³/mol. The summed E-state index contributed by atoms with van der Waals surface area (Å²) in [6, 6.07) is 1.34. The number of fused-ring (bicyclic) bond motifs is 1. The zero-order valence-electron chi connectivity index (χ0n) is 8.89. The first kappa shape index (κ1) is 12.7. The molecule has 1 aromatic rings. The second-order valence-corrected chi connectivity index (χ2v) is 5.72. The van der Waals surface area contributed by atoms with Crippen LogP contribution in [0, 0.1) is 5.82 Å². The fraction of sp³-hybridized carbons (Fsp3) is 0.300. The van der Waals surface area contributed by atoms with E-state index in [1.165, 1.54) is 0 Å². The number of halogens is 2. The molecular weight excluding hydrogens is 270 g/mol. The molecule has 8 heteroatoms. The standard InChI is InChI=1S/C10H8F2O5S/c11-6-3-5(10(13)14)4-7-9(6)17-2-1-8(12)18(7,15)16/h3-4,8H,1-2H2,(H,13,14). The van der Waals surface area contributed by atoms with Crippen LogP contribution in [0.5, 0.6) is 5.75 Å². The summed E-state index contributed by atoms with van der Waals surface area (Å²) in [6.07, 6.45) is -0.432. The lowest BCUT2D eigenvalue weighted by atomic mass is 10.2. The van der Waals surface area contributed by atoms with Gasteiger partial charge < -0.3 is 9.84 Å². The summed E-state index contributed by atoms with van der Waals surface area (Å²) < 4.78 is 55.3. The normalized spacial score (nSPS) is 21.6. The van der Waals surface area contributed by atoms with E-state index in [2.05, 4.69) is 0 Å². The molecule has 1 aliphatic rings. The Balaban J connectivity index is 2.75. The van der Waals surface area contributed by atoms with Crippen molar-refractivity contribution in [2.75, 3.05) is 6.61 Å². The SMILES string of the molecule is O=C(O)c1cc(F)c2c(c1)S(=O)(=O)C(F)CCO2. The van der Waals surface area contributed by atoms with Crippen molar-refractivity contribution < 1.29 is 31.8 Å². The molecule has 0 amide bonds. The lowest BCUT2D eigenvalue weighted by Crippen LogP contribution is -2.16. The Morgan fingerprint density at radius 2 is 2.11 bits per heavy atom. The van der Waals surface area contributed by atoms with E-state index < -0.39 is 49.8 Å². The molecule has 0 bridgehead atoms. The summed E-state index contributed by atoms with van der Waals surface area (Å²) in [5.41, 5.74) is -2.81. The highest BCUT2D eigenvalue weighted by Gasteiger charge is 2.35. The van der Waals surface area contributed by atoms with Gasteiger partial charge in [0.1, 0.15) is 4.90 Å².